The molecule has 2 heterocycles. The van der Waals surface area contributed by atoms with E-state index in [1.54, 1.807) is 0 Å². The molecule has 9 heteroatoms. The van der Waals surface area contributed by atoms with Crippen LogP contribution in [0.25, 0.3) is 0 Å². The standard InChI is InChI=1S/C21H28N4O5/c1-3-29-17-10-14-9-13(2)30-16(14)11-15(17)22-12-18(26)24-25-19(27)21(23-20(25)28)7-5-4-6-8-21/h10-11,13,22H,3-9,12H2,1-2H3,(H,23,28)(H,24,26). The molecule has 9 nitrogen and oxygen atoms in total. The number of imide groups is 1. The highest BCUT2D eigenvalue weighted by Gasteiger charge is 2.52. The van der Waals surface area contributed by atoms with Crippen LogP contribution in [0, 0.1) is 0 Å². The first-order chi connectivity index (χ1) is 14.4. The zero-order valence-electron chi connectivity index (χ0n) is 17.4. The van der Waals surface area contributed by atoms with Crippen molar-refractivity contribution in [2.75, 3.05) is 18.5 Å². The van der Waals surface area contributed by atoms with E-state index in [0.29, 0.717) is 30.9 Å². The topological polar surface area (TPSA) is 109 Å². The number of anilines is 1. The van der Waals surface area contributed by atoms with Crippen LogP contribution in [0.15, 0.2) is 12.1 Å². The molecule has 1 unspecified atom stereocenters. The van der Waals surface area contributed by atoms with E-state index < -0.39 is 17.5 Å². The Balaban J connectivity index is 1.40. The van der Waals surface area contributed by atoms with Crippen LogP contribution in [0.1, 0.15) is 51.5 Å². The van der Waals surface area contributed by atoms with E-state index in [1.165, 1.54) is 0 Å². The molecule has 0 radical (unpaired) electrons. The van der Waals surface area contributed by atoms with Crippen molar-refractivity contribution in [3.8, 4) is 11.5 Å². The van der Waals surface area contributed by atoms with Crippen molar-refractivity contribution in [1.82, 2.24) is 15.8 Å². The lowest BCUT2D eigenvalue weighted by Gasteiger charge is -2.30. The predicted molar refractivity (Wildman–Crippen MR) is 109 cm³/mol. The highest BCUT2D eigenvalue weighted by molar-refractivity contribution is 6.08. The normalized spacial score (nSPS) is 21.8. The third-order valence-corrected chi connectivity index (χ3v) is 5.84. The number of urea groups is 1. The Hall–Kier alpha value is -2.97. The van der Waals surface area contributed by atoms with E-state index in [2.05, 4.69) is 16.1 Å². The number of hydrogen-bond donors (Lipinski definition) is 3. The summed E-state index contributed by atoms with van der Waals surface area (Å²) in [5.74, 6) is 0.527. The molecular weight excluding hydrogens is 388 g/mol. The maximum atomic E-state index is 12.8. The van der Waals surface area contributed by atoms with Crippen LogP contribution in [-0.4, -0.2) is 47.6 Å². The fourth-order valence-corrected chi connectivity index (χ4v) is 4.41. The Kier molecular flexibility index (Phi) is 5.44. The molecule has 4 rings (SSSR count). The smallest absolute Gasteiger partial charge is 0.344 e. The Bertz CT molecular complexity index is 865. The first-order valence-electron chi connectivity index (χ1n) is 10.6. The molecule has 1 saturated heterocycles. The van der Waals surface area contributed by atoms with Gasteiger partial charge in [-0.05, 0) is 32.8 Å². The van der Waals surface area contributed by atoms with Crippen molar-refractivity contribution in [2.24, 2.45) is 0 Å². The van der Waals surface area contributed by atoms with Crippen molar-refractivity contribution in [2.45, 2.75) is 64.0 Å². The molecule has 162 valence electrons. The largest absolute Gasteiger partial charge is 0.492 e. The molecule has 0 bridgehead atoms. The molecule has 1 aliphatic carbocycles. The fraction of sp³-hybridized carbons (Fsp3) is 0.571. The van der Waals surface area contributed by atoms with Crippen molar-refractivity contribution in [1.29, 1.82) is 0 Å². The number of nitrogens with one attached hydrogen (secondary N) is 3. The molecule has 2 aliphatic heterocycles. The van der Waals surface area contributed by atoms with Crippen molar-refractivity contribution >= 4 is 23.5 Å². The Labute approximate surface area is 175 Å². The second-order valence-corrected chi connectivity index (χ2v) is 8.12. The summed E-state index contributed by atoms with van der Waals surface area (Å²) in [5, 5.41) is 6.61. The van der Waals surface area contributed by atoms with Gasteiger partial charge in [-0.25, -0.2) is 4.79 Å². The molecule has 3 N–H and O–H groups in total. The van der Waals surface area contributed by atoms with Gasteiger partial charge >= 0.3 is 6.03 Å². The molecule has 4 amide bonds. The minimum Gasteiger partial charge on any atom is -0.492 e. The molecule has 1 spiro atoms. The maximum Gasteiger partial charge on any atom is 0.344 e. The monoisotopic (exact) mass is 416 g/mol. The van der Waals surface area contributed by atoms with Crippen LogP contribution in [0.3, 0.4) is 0 Å². The number of nitrogens with zero attached hydrogens (tertiary/aromatic N) is 1. The van der Waals surface area contributed by atoms with E-state index >= 15 is 0 Å². The number of carbonyl (C=O) groups excluding carboxylic acids is 3. The van der Waals surface area contributed by atoms with Crippen LogP contribution < -0.4 is 25.5 Å². The van der Waals surface area contributed by atoms with Gasteiger partial charge in [-0.1, -0.05) is 19.3 Å². The first kappa shape index (κ1) is 20.3. The number of carbonyl (C=O) groups is 3. The van der Waals surface area contributed by atoms with Crippen LogP contribution in [0.2, 0.25) is 0 Å². The molecule has 30 heavy (non-hydrogen) atoms. The summed E-state index contributed by atoms with van der Waals surface area (Å²) >= 11 is 0. The average Bonchev–Trinajstić information content (AvgIpc) is 3.18. The third kappa shape index (κ3) is 3.76. The lowest BCUT2D eigenvalue weighted by molar-refractivity contribution is -0.139. The first-order valence-corrected chi connectivity index (χ1v) is 10.6. The van der Waals surface area contributed by atoms with E-state index in [0.717, 1.165) is 42.0 Å². The average molecular weight is 416 g/mol. The quantitative estimate of drug-likeness (QED) is 0.613. The maximum absolute atomic E-state index is 12.8. The van der Waals surface area contributed by atoms with E-state index in [9.17, 15) is 14.4 Å². The number of rotatable bonds is 6. The minimum absolute atomic E-state index is 0.0971. The Morgan fingerprint density at radius 1 is 1.30 bits per heavy atom. The van der Waals surface area contributed by atoms with Gasteiger partial charge in [0.15, 0.2) is 0 Å². The molecule has 1 atom stereocenters. The summed E-state index contributed by atoms with van der Waals surface area (Å²) in [5.41, 5.74) is 3.25. The molecular formula is C21H28N4O5. The van der Waals surface area contributed by atoms with Crippen LogP contribution in [0.4, 0.5) is 10.5 Å². The Morgan fingerprint density at radius 3 is 2.80 bits per heavy atom. The number of fused-ring (bicyclic) bond motifs is 1. The number of hydrogen-bond acceptors (Lipinski definition) is 6. The molecule has 3 aliphatic rings. The van der Waals surface area contributed by atoms with Gasteiger partial charge in [0, 0.05) is 18.1 Å². The van der Waals surface area contributed by atoms with Gasteiger partial charge in [-0.2, -0.15) is 5.01 Å². The van der Waals surface area contributed by atoms with E-state index in [1.807, 2.05) is 26.0 Å². The van der Waals surface area contributed by atoms with E-state index in [4.69, 9.17) is 9.47 Å². The highest BCUT2D eigenvalue weighted by atomic mass is 16.5. The second kappa shape index (κ2) is 8.04. The molecule has 1 aromatic carbocycles. The summed E-state index contributed by atoms with van der Waals surface area (Å²) in [6.07, 6.45) is 4.93. The summed E-state index contributed by atoms with van der Waals surface area (Å²) < 4.78 is 11.5. The van der Waals surface area contributed by atoms with Crippen LogP contribution in [0.5, 0.6) is 11.5 Å². The van der Waals surface area contributed by atoms with Crippen molar-refractivity contribution in [3.05, 3.63) is 17.7 Å². The van der Waals surface area contributed by atoms with Crippen LogP contribution >= 0.6 is 0 Å². The molecule has 1 saturated carbocycles. The minimum atomic E-state index is -0.869. The van der Waals surface area contributed by atoms with Crippen molar-refractivity contribution in [3.63, 3.8) is 0 Å². The third-order valence-electron chi connectivity index (χ3n) is 5.84. The van der Waals surface area contributed by atoms with Gasteiger partial charge in [0.05, 0.1) is 18.8 Å². The summed E-state index contributed by atoms with van der Waals surface area (Å²) in [7, 11) is 0. The van der Waals surface area contributed by atoms with Gasteiger partial charge in [-0.3, -0.25) is 15.0 Å². The van der Waals surface area contributed by atoms with Crippen LogP contribution in [-0.2, 0) is 16.0 Å². The number of amides is 4. The zero-order chi connectivity index (χ0) is 21.3. The summed E-state index contributed by atoms with van der Waals surface area (Å²) in [6, 6.07) is 3.17. The lowest BCUT2D eigenvalue weighted by Crippen LogP contribution is -2.51. The lowest BCUT2D eigenvalue weighted by atomic mass is 9.82. The van der Waals surface area contributed by atoms with Gasteiger partial charge in [0.1, 0.15) is 23.1 Å². The van der Waals surface area contributed by atoms with Gasteiger partial charge in [0.2, 0.25) is 0 Å². The molecule has 2 fully saturated rings. The van der Waals surface area contributed by atoms with Gasteiger partial charge in [-0.15, -0.1) is 0 Å². The van der Waals surface area contributed by atoms with Gasteiger partial charge in [0.25, 0.3) is 11.8 Å². The van der Waals surface area contributed by atoms with E-state index in [-0.39, 0.29) is 18.6 Å². The molecule has 0 aromatic heterocycles. The SMILES string of the molecule is CCOc1cc2c(cc1NCC(=O)NN1C(=O)NC3(CCCCC3)C1=O)OC(C)C2. The second-order valence-electron chi connectivity index (χ2n) is 8.12. The number of benzene rings is 1. The van der Waals surface area contributed by atoms with Crippen molar-refractivity contribution < 1.29 is 23.9 Å². The molecule has 1 aromatic rings. The summed E-state index contributed by atoms with van der Waals surface area (Å²) in [4.78, 5) is 37.5. The fourth-order valence-electron chi connectivity index (χ4n) is 4.41. The summed E-state index contributed by atoms with van der Waals surface area (Å²) in [6.45, 7) is 4.25. The predicted octanol–water partition coefficient (Wildman–Crippen LogP) is 2.11. The Morgan fingerprint density at radius 2 is 2.07 bits per heavy atom. The van der Waals surface area contributed by atoms with Gasteiger partial charge < -0.3 is 20.1 Å². The number of ether oxygens (including phenoxy) is 2. The zero-order valence-corrected chi connectivity index (χ0v) is 17.4. The highest BCUT2D eigenvalue weighted by Crippen LogP contribution is 2.38. The number of hydrazine groups is 1.